The minimum Gasteiger partial charge on any atom is -0.480 e. The highest BCUT2D eigenvalue weighted by atomic mass is 32.2. The van der Waals surface area contributed by atoms with E-state index in [-0.39, 0.29) is 18.1 Å². The molecular formula is C10H20N2O5S. The van der Waals surface area contributed by atoms with Crippen molar-refractivity contribution in [1.82, 2.24) is 5.32 Å². The standard InChI is InChI=1S/C10H20N2O5S/c1-6(2)8(11)9(13)12-7(10(14)15)4-5-18(3,16)17/h6-8H,4-5,11H2,1-3H3,(H,12,13)(H,14,15). The lowest BCUT2D eigenvalue weighted by molar-refractivity contribution is -0.142. The van der Waals surface area contributed by atoms with Crippen LogP contribution in [0.5, 0.6) is 0 Å². The summed E-state index contributed by atoms with van der Waals surface area (Å²) in [5.41, 5.74) is 5.57. The fourth-order valence-electron chi connectivity index (χ4n) is 1.16. The van der Waals surface area contributed by atoms with Gasteiger partial charge in [0.2, 0.25) is 5.91 Å². The molecule has 0 saturated carbocycles. The Morgan fingerprint density at radius 3 is 2.17 bits per heavy atom. The molecule has 0 aromatic heterocycles. The first-order valence-electron chi connectivity index (χ1n) is 5.51. The lowest BCUT2D eigenvalue weighted by Crippen LogP contribution is -2.50. The summed E-state index contributed by atoms with van der Waals surface area (Å²) in [6.07, 6.45) is 0.832. The zero-order valence-electron chi connectivity index (χ0n) is 10.7. The Morgan fingerprint density at radius 1 is 1.33 bits per heavy atom. The van der Waals surface area contributed by atoms with Crippen molar-refractivity contribution >= 4 is 21.7 Å². The van der Waals surface area contributed by atoms with Crippen molar-refractivity contribution in [3.8, 4) is 0 Å². The maximum absolute atomic E-state index is 11.6. The number of nitrogens with one attached hydrogen (secondary N) is 1. The molecule has 0 aromatic rings. The predicted octanol–water partition coefficient (Wildman–Crippen LogP) is -1.03. The highest BCUT2D eigenvalue weighted by Crippen LogP contribution is 2.01. The van der Waals surface area contributed by atoms with Gasteiger partial charge in [0.05, 0.1) is 11.8 Å². The highest BCUT2D eigenvalue weighted by molar-refractivity contribution is 7.90. The van der Waals surface area contributed by atoms with Crippen molar-refractivity contribution in [1.29, 1.82) is 0 Å². The van der Waals surface area contributed by atoms with Crippen molar-refractivity contribution in [3.05, 3.63) is 0 Å². The lowest BCUT2D eigenvalue weighted by Gasteiger charge is -2.19. The number of nitrogens with two attached hydrogens (primary N) is 1. The average molecular weight is 280 g/mol. The number of carbonyl (C=O) groups is 2. The molecule has 1 amide bonds. The Bertz CT molecular complexity index is 404. The van der Waals surface area contributed by atoms with Gasteiger partial charge in [-0.1, -0.05) is 13.8 Å². The third-order valence-electron chi connectivity index (χ3n) is 2.41. The third kappa shape index (κ3) is 6.55. The lowest BCUT2D eigenvalue weighted by atomic mass is 10.0. The van der Waals surface area contributed by atoms with Crippen LogP contribution in [0.25, 0.3) is 0 Å². The predicted molar refractivity (Wildman–Crippen MR) is 66.7 cm³/mol. The van der Waals surface area contributed by atoms with Gasteiger partial charge in [0.25, 0.3) is 0 Å². The largest absolute Gasteiger partial charge is 0.480 e. The zero-order valence-corrected chi connectivity index (χ0v) is 11.5. The summed E-state index contributed by atoms with van der Waals surface area (Å²) in [4.78, 5) is 22.5. The van der Waals surface area contributed by atoms with Crippen molar-refractivity contribution in [2.75, 3.05) is 12.0 Å². The molecular weight excluding hydrogens is 260 g/mol. The number of carbonyl (C=O) groups excluding carboxylic acids is 1. The molecule has 2 atom stereocenters. The van der Waals surface area contributed by atoms with E-state index < -0.39 is 33.8 Å². The molecule has 0 bridgehead atoms. The third-order valence-corrected chi connectivity index (χ3v) is 3.39. The van der Waals surface area contributed by atoms with Gasteiger partial charge in [-0.05, 0) is 12.3 Å². The molecule has 0 saturated heterocycles. The molecule has 0 rings (SSSR count). The molecule has 0 spiro atoms. The number of hydrogen-bond donors (Lipinski definition) is 3. The fraction of sp³-hybridized carbons (Fsp3) is 0.800. The number of rotatable bonds is 7. The first-order chi connectivity index (χ1) is 8.04. The van der Waals surface area contributed by atoms with Crippen LogP contribution in [0.4, 0.5) is 0 Å². The van der Waals surface area contributed by atoms with Crippen LogP contribution in [0.15, 0.2) is 0 Å². The Morgan fingerprint density at radius 2 is 1.83 bits per heavy atom. The van der Waals surface area contributed by atoms with Crippen LogP contribution < -0.4 is 11.1 Å². The Hall–Kier alpha value is -1.15. The van der Waals surface area contributed by atoms with E-state index in [0.29, 0.717) is 0 Å². The molecule has 4 N–H and O–H groups in total. The van der Waals surface area contributed by atoms with Gasteiger partial charge in [-0.2, -0.15) is 0 Å². The van der Waals surface area contributed by atoms with Gasteiger partial charge in [0, 0.05) is 6.26 Å². The van der Waals surface area contributed by atoms with E-state index in [1.807, 2.05) is 0 Å². The first kappa shape index (κ1) is 16.9. The molecule has 0 aliphatic carbocycles. The van der Waals surface area contributed by atoms with Gasteiger partial charge in [-0.3, -0.25) is 4.79 Å². The molecule has 0 radical (unpaired) electrons. The van der Waals surface area contributed by atoms with Gasteiger partial charge in [0.15, 0.2) is 0 Å². The van der Waals surface area contributed by atoms with Gasteiger partial charge in [-0.25, -0.2) is 13.2 Å². The minimum absolute atomic E-state index is 0.130. The summed E-state index contributed by atoms with van der Waals surface area (Å²) in [7, 11) is -3.27. The number of hydrogen-bond acceptors (Lipinski definition) is 5. The molecule has 18 heavy (non-hydrogen) atoms. The highest BCUT2D eigenvalue weighted by Gasteiger charge is 2.25. The molecule has 106 valence electrons. The maximum atomic E-state index is 11.6. The number of carboxylic acids is 1. The Kier molecular flexibility index (Phi) is 6.27. The van der Waals surface area contributed by atoms with Crippen LogP contribution in [-0.4, -0.2) is 49.5 Å². The summed E-state index contributed by atoms with van der Waals surface area (Å²) >= 11 is 0. The zero-order chi connectivity index (χ0) is 14.5. The number of sulfone groups is 1. The maximum Gasteiger partial charge on any atom is 0.326 e. The van der Waals surface area contributed by atoms with Gasteiger partial charge in [-0.15, -0.1) is 0 Å². The summed E-state index contributed by atoms with van der Waals surface area (Å²) < 4.78 is 21.9. The second-order valence-corrected chi connectivity index (χ2v) is 6.85. The van der Waals surface area contributed by atoms with Crippen LogP contribution in [0.1, 0.15) is 20.3 Å². The molecule has 0 aliphatic heterocycles. The van der Waals surface area contributed by atoms with Crippen LogP contribution in [-0.2, 0) is 19.4 Å². The summed E-state index contributed by atoms with van der Waals surface area (Å²) in [5.74, 6) is -2.30. The number of aliphatic carboxylic acids is 1. The normalized spacial score (nSPS) is 15.2. The molecule has 8 heteroatoms. The van der Waals surface area contributed by atoms with Crippen molar-refractivity contribution in [2.45, 2.75) is 32.4 Å². The summed E-state index contributed by atoms with van der Waals surface area (Å²) in [6.45, 7) is 3.47. The van der Waals surface area contributed by atoms with Crippen molar-refractivity contribution < 1.29 is 23.1 Å². The topological polar surface area (TPSA) is 127 Å². The van der Waals surface area contributed by atoms with E-state index >= 15 is 0 Å². The van der Waals surface area contributed by atoms with E-state index in [2.05, 4.69) is 5.32 Å². The molecule has 0 heterocycles. The van der Waals surface area contributed by atoms with E-state index in [1.165, 1.54) is 0 Å². The second-order valence-electron chi connectivity index (χ2n) is 4.59. The summed E-state index contributed by atoms with van der Waals surface area (Å²) in [5, 5.41) is 11.1. The van der Waals surface area contributed by atoms with E-state index in [4.69, 9.17) is 10.8 Å². The number of amides is 1. The van der Waals surface area contributed by atoms with Crippen LogP contribution in [0, 0.1) is 5.92 Å². The first-order valence-corrected chi connectivity index (χ1v) is 7.57. The van der Waals surface area contributed by atoms with Gasteiger partial charge in [0.1, 0.15) is 15.9 Å². The van der Waals surface area contributed by atoms with E-state index in [0.717, 1.165) is 6.26 Å². The van der Waals surface area contributed by atoms with Crippen LogP contribution in [0.2, 0.25) is 0 Å². The SMILES string of the molecule is CC(C)C(N)C(=O)NC(CCS(C)(=O)=O)C(=O)O. The quantitative estimate of drug-likeness (QED) is 0.547. The monoisotopic (exact) mass is 280 g/mol. The van der Waals surface area contributed by atoms with Gasteiger partial charge < -0.3 is 16.2 Å². The molecule has 0 aromatic carbocycles. The Labute approximate surface area is 107 Å². The molecule has 0 aliphatic rings. The van der Waals surface area contributed by atoms with Gasteiger partial charge >= 0.3 is 5.97 Å². The Balaban J connectivity index is 4.55. The van der Waals surface area contributed by atoms with Crippen LogP contribution >= 0.6 is 0 Å². The van der Waals surface area contributed by atoms with Crippen LogP contribution in [0.3, 0.4) is 0 Å². The van der Waals surface area contributed by atoms with E-state index in [1.54, 1.807) is 13.8 Å². The average Bonchev–Trinajstić information content (AvgIpc) is 2.20. The summed E-state index contributed by atoms with van der Waals surface area (Å²) in [6, 6.07) is -2.05. The molecule has 0 fully saturated rings. The smallest absolute Gasteiger partial charge is 0.326 e. The number of carboxylic acid groups (broad SMARTS) is 1. The van der Waals surface area contributed by atoms with Crippen molar-refractivity contribution in [2.24, 2.45) is 11.7 Å². The molecule has 7 nitrogen and oxygen atoms in total. The second kappa shape index (κ2) is 6.69. The minimum atomic E-state index is -3.27. The van der Waals surface area contributed by atoms with E-state index in [9.17, 15) is 18.0 Å². The molecule has 2 unspecified atom stereocenters. The van der Waals surface area contributed by atoms with Crippen molar-refractivity contribution in [3.63, 3.8) is 0 Å². The fourth-order valence-corrected chi connectivity index (χ4v) is 1.82.